The third-order valence-electron chi connectivity index (χ3n) is 5.64. The van der Waals surface area contributed by atoms with Crippen LogP contribution in [-0.4, -0.2) is 41.8 Å². The van der Waals surface area contributed by atoms with Crippen molar-refractivity contribution >= 4 is 29.6 Å². The molecule has 30 heavy (non-hydrogen) atoms. The first-order chi connectivity index (χ1) is 14.5. The molecule has 3 rings (SSSR count). The summed E-state index contributed by atoms with van der Waals surface area (Å²) < 4.78 is 16.2. The van der Waals surface area contributed by atoms with Crippen molar-refractivity contribution in [3.63, 3.8) is 0 Å². The van der Waals surface area contributed by atoms with E-state index >= 15 is 0 Å². The number of hydrogen-bond acceptors (Lipinski definition) is 5. The first-order valence-corrected chi connectivity index (χ1v) is 11.2. The van der Waals surface area contributed by atoms with Crippen LogP contribution in [0.2, 0.25) is 0 Å². The molecule has 7 heteroatoms. The average molecular weight is 433 g/mol. The van der Waals surface area contributed by atoms with Gasteiger partial charge in [-0.05, 0) is 48.9 Å². The van der Waals surface area contributed by atoms with Gasteiger partial charge in [0.2, 0.25) is 0 Å². The Balaban J connectivity index is 1.49. The lowest BCUT2D eigenvalue weighted by molar-refractivity contribution is -0.0264. The standard InChI is InChI=1S/C23H32N2O4S/c1-4-5-6-7-16(2)28-23(30)29-22(26)25-12-10-17(11-13-25)20-15-24-21-9-8-18(27-3)14-19(20)21/h8-9,14-15,17,23-24,30H,2,4-7,10-13H2,1,3H3. The fourth-order valence-corrected chi connectivity index (χ4v) is 4.16. The fraction of sp³-hybridized carbons (Fsp3) is 0.522. The Kier molecular flexibility index (Phi) is 7.96. The third-order valence-corrected chi connectivity index (χ3v) is 5.85. The Bertz CT molecular complexity index is 858. The van der Waals surface area contributed by atoms with Gasteiger partial charge >= 0.3 is 6.09 Å². The molecule has 2 heterocycles. The number of hydrogen-bond donors (Lipinski definition) is 2. The summed E-state index contributed by atoms with van der Waals surface area (Å²) in [6.45, 7) is 7.29. The number of nitrogens with zero attached hydrogens (tertiary/aromatic N) is 1. The van der Waals surface area contributed by atoms with Crippen LogP contribution in [0.15, 0.2) is 36.7 Å². The van der Waals surface area contributed by atoms with Gasteiger partial charge < -0.3 is 24.1 Å². The van der Waals surface area contributed by atoms with Crippen LogP contribution in [0.1, 0.15) is 56.9 Å². The predicted molar refractivity (Wildman–Crippen MR) is 122 cm³/mol. The number of benzene rings is 1. The number of thiol groups is 1. The van der Waals surface area contributed by atoms with E-state index in [0.29, 0.717) is 24.8 Å². The number of H-pyrrole nitrogens is 1. The number of allylic oxidation sites excluding steroid dienone is 1. The van der Waals surface area contributed by atoms with E-state index in [0.717, 1.165) is 49.8 Å². The number of methoxy groups -OCH3 is 1. The number of fused-ring (bicyclic) bond motifs is 1. The molecule has 1 N–H and O–H groups in total. The molecule has 0 spiro atoms. The number of aromatic nitrogens is 1. The molecule has 1 aromatic heterocycles. The van der Waals surface area contributed by atoms with Gasteiger partial charge in [0.25, 0.3) is 5.62 Å². The molecule has 1 saturated heterocycles. The first-order valence-electron chi connectivity index (χ1n) is 10.6. The van der Waals surface area contributed by atoms with Crippen molar-refractivity contribution in [3.05, 3.63) is 42.3 Å². The Labute approximate surface area is 184 Å². The molecule has 1 fully saturated rings. The molecular weight excluding hydrogens is 400 g/mol. The molecule has 6 nitrogen and oxygen atoms in total. The van der Waals surface area contributed by atoms with E-state index in [4.69, 9.17) is 14.2 Å². The average Bonchev–Trinajstić information content (AvgIpc) is 3.17. The Morgan fingerprint density at radius 2 is 2.07 bits per heavy atom. The van der Waals surface area contributed by atoms with Crippen LogP contribution in [0.5, 0.6) is 5.75 Å². The second-order valence-electron chi connectivity index (χ2n) is 7.72. The fourth-order valence-electron chi connectivity index (χ4n) is 3.92. The summed E-state index contributed by atoms with van der Waals surface area (Å²) in [4.78, 5) is 17.5. The van der Waals surface area contributed by atoms with Crippen molar-refractivity contribution in [2.45, 2.75) is 57.0 Å². The predicted octanol–water partition coefficient (Wildman–Crippen LogP) is 5.82. The second-order valence-corrected chi connectivity index (χ2v) is 8.14. The number of amides is 1. The van der Waals surface area contributed by atoms with Crippen LogP contribution in [0.4, 0.5) is 4.79 Å². The van der Waals surface area contributed by atoms with Gasteiger partial charge in [0.1, 0.15) is 5.75 Å². The van der Waals surface area contributed by atoms with Gasteiger partial charge in [-0.3, -0.25) is 0 Å². The van der Waals surface area contributed by atoms with E-state index in [-0.39, 0.29) is 0 Å². The highest BCUT2D eigenvalue weighted by molar-refractivity contribution is 7.80. The minimum Gasteiger partial charge on any atom is -0.497 e. The van der Waals surface area contributed by atoms with Gasteiger partial charge in [0, 0.05) is 36.6 Å². The maximum Gasteiger partial charge on any atom is 0.413 e. The number of piperidine rings is 1. The topological polar surface area (TPSA) is 63.8 Å². The number of aromatic amines is 1. The van der Waals surface area contributed by atoms with Crippen molar-refractivity contribution < 1.29 is 19.0 Å². The number of rotatable bonds is 9. The highest BCUT2D eigenvalue weighted by Crippen LogP contribution is 2.35. The van der Waals surface area contributed by atoms with Gasteiger partial charge in [0.15, 0.2) is 0 Å². The molecule has 0 saturated carbocycles. The quantitative estimate of drug-likeness (QED) is 0.227. The Morgan fingerprint density at radius 3 is 2.77 bits per heavy atom. The smallest absolute Gasteiger partial charge is 0.413 e. The Hall–Kier alpha value is -2.28. The first kappa shape index (κ1) is 22.4. The van der Waals surface area contributed by atoms with E-state index < -0.39 is 11.7 Å². The molecule has 164 valence electrons. The van der Waals surface area contributed by atoms with Gasteiger partial charge in [0.05, 0.1) is 12.9 Å². The zero-order valence-electron chi connectivity index (χ0n) is 17.9. The van der Waals surface area contributed by atoms with Crippen molar-refractivity contribution in [3.8, 4) is 5.75 Å². The molecule has 1 atom stereocenters. The second kappa shape index (κ2) is 10.7. The van der Waals surface area contributed by atoms with Crippen molar-refractivity contribution in [2.75, 3.05) is 20.2 Å². The number of nitrogens with one attached hydrogen (secondary N) is 1. The number of ether oxygens (including phenoxy) is 3. The summed E-state index contributed by atoms with van der Waals surface area (Å²) >= 11 is 4.23. The van der Waals surface area contributed by atoms with Crippen molar-refractivity contribution in [1.29, 1.82) is 0 Å². The molecule has 0 bridgehead atoms. The molecule has 1 unspecified atom stereocenters. The van der Waals surface area contributed by atoms with Gasteiger partial charge in [-0.15, -0.1) is 0 Å². The minimum absolute atomic E-state index is 0.385. The highest BCUT2D eigenvalue weighted by Gasteiger charge is 2.27. The van der Waals surface area contributed by atoms with Crippen LogP contribution < -0.4 is 4.74 Å². The summed E-state index contributed by atoms with van der Waals surface area (Å²) in [5, 5.41) is 1.18. The molecule has 2 aromatic rings. The molecule has 1 aliphatic rings. The summed E-state index contributed by atoms with van der Waals surface area (Å²) in [5.74, 6) is 1.83. The number of carbonyl (C=O) groups excluding carboxylic acids is 1. The van der Waals surface area contributed by atoms with E-state index in [1.54, 1.807) is 12.0 Å². The van der Waals surface area contributed by atoms with E-state index in [1.165, 1.54) is 10.9 Å². The maximum atomic E-state index is 12.5. The van der Waals surface area contributed by atoms with Gasteiger partial charge in [-0.25, -0.2) is 4.79 Å². The molecule has 0 radical (unpaired) electrons. The molecular formula is C23H32N2O4S. The zero-order valence-corrected chi connectivity index (χ0v) is 18.7. The summed E-state index contributed by atoms with van der Waals surface area (Å²) in [7, 11) is 1.68. The lowest BCUT2D eigenvalue weighted by atomic mass is 9.89. The van der Waals surface area contributed by atoms with Crippen LogP contribution in [0, 0.1) is 0 Å². The molecule has 1 amide bonds. The van der Waals surface area contributed by atoms with Crippen molar-refractivity contribution in [2.24, 2.45) is 0 Å². The van der Waals surface area contributed by atoms with Crippen molar-refractivity contribution in [1.82, 2.24) is 9.88 Å². The van der Waals surface area contributed by atoms with E-state index in [1.807, 2.05) is 12.1 Å². The number of carbonyl (C=O) groups is 1. The van der Waals surface area contributed by atoms with Crippen LogP contribution in [0.3, 0.4) is 0 Å². The Morgan fingerprint density at radius 1 is 1.30 bits per heavy atom. The highest BCUT2D eigenvalue weighted by atomic mass is 32.1. The van der Waals surface area contributed by atoms with Crippen LogP contribution >= 0.6 is 12.6 Å². The van der Waals surface area contributed by atoms with Gasteiger partial charge in [-0.2, -0.15) is 0 Å². The summed E-state index contributed by atoms with van der Waals surface area (Å²) in [6, 6.07) is 6.06. The van der Waals surface area contributed by atoms with Crippen LogP contribution in [-0.2, 0) is 9.47 Å². The largest absolute Gasteiger partial charge is 0.497 e. The lowest BCUT2D eigenvalue weighted by Gasteiger charge is -2.32. The summed E-state index contributed by atoms with van der Waals surface area (Å²) in [6.07, 6.45) is 7.45. The summed E-state index contributed by atoms with van der Waals surface area (Å²) in [5.41, 5.74) is 1.45. The van der Waals surface area contributed by atoms with E-state index in [9.17, 15) is 4.79 Å². The normalized spacial score (nSPS) is 15.8. The lowest BCUT2D eigenvalue weighted by Crippen LogP contribution is -2.39. The number of unbranched alkanes of at least 4 members (excludes halogenated alkanes) is 2. The third kappa shape index (κ3) is 5.65. The minimum atomic E-state index is -0.926. The number of likely N-dealkylation sites (tertiary alicyclic amines) is 1. The zero-order chi connectivity index (χ0) is 21.5. The van der Waals surface area contributed by atoms with Crippen LogP contribution in [0.25, 0.3) is 10.9 Å². The molecule has 1 aromatic carbocycles. The maximum absolute atomic E-state index is 12.5. The van der Waals surface area contributed by atoms with Gasteiger partial charge in [-0.1, -0.05) is 39.0 Å². The molecule has 0 aliphatic carbocycles. The van der Waals surface area contributed by atoms with E-state index in [2.05, 4.69) is 43.4 Å². The SMILES string of the molecule is C=C(CCCCC)OC(S)OC(=O)N1CCC(c2c[nH]c3ccc(OC)cc23)CC1. The molecule has 1 aliphatic heterocycles. The monoisotopic (exact) mass is 432 g/mol.